The summed E-state index contributed by atoms with van der Waals surface area (Å²) in [6, 6.07) is 0.0998. The van der Waals surface area contributed by atoms with Gasteiger partial charge < -0.3 is 19.2 Å². The first kappa shape index (κ1) is 18.1. The van der Waals surface area contributed by atoms with Crippen molar-refractivity contribution in [2.75, 3.05) is 27.4 Å². The van der Waals surface area contributed by atoms with Crippen LogP contribution in [-0.2, 0) is 19.1 Å². The minimum absolute atomic E-state index is 0.0963. The number of Topliss-reactive ketones (excluding diaryl/α,β-unsaturated/α-hetero) is 1. The lowest BCUT2D eigenvalue weighted by molar-refractivity contribution is -0.134. The Labute approximate surface area is 128 Å². The van der Waals surface area contributed by atoms with Crippen LogP contribution in [0.15, 0.2) is 0 Å². The number of rotatable bonds is 8. The maximum atomic E-state index is 12.5. The summed E-state index contributed by atoms with van der Waals surface area (Å²) in [5.74, 6) is 0.749. The van der Waals surface area contributed by atoms with Crippen LogP contribution >= 0.6 is 0 Å². The van der Waals surface area contributed by atoms with Crippen molar-refractivity contribution in [3.63, 3.8) is 0 Å². The number of hydrogen-bond donors (Lipinski definition) is 0. The lowest BCUT2D eigenvalue weighted by Crippen LogP contribution is -2.39. The lowest BCUT2D eigenvalue weighted by Gasteiger charge is -2.26. The summed E-state index contributed by atoms with van der Waals surface area (Å²) in [7, 11) is 3.33. The smallest absolute Gasteiger partial charge is 0.223 e. The molecule has 0 radical (unpaired) electrons. The molecule has 5 heteroatoms. The van der Waals surface area contributed by atoms with Crippen molar-refractivity contribution < 1.29 is 19.1 Å². The van der Waals surface area contributed by atoms with E-state index in [1.807, 2.05) is 18.7 Å². The normalized spacial score (nSPS) is 24.9. The highest BCUT2D eigenvalue weighted by atomic mass is 16.5. The van der Waals surface area contributed by atoms with Crippen LogP contribution in [0.5, 0.6) is 0 Å². The van der Waals surface area contributed by atoms with Gasteiger partial charge in [-0.3, -0.25) is 4.79 Å². The van der Waals surface area contributed by atoms with Gasteiger partial charge in [0, 0.05) is 33.6 Å². The zero-order valence-electron chi connectivity index (χ0n) is 13.9. The first-order chi connectivity index (χ1) is 9.88. The molecule has 1 amide bonds. The number of hydrogen-bond acceptors (Lipinski definition) is 4. The second-order valence-electron chi connectivity index (χ2n) is 6.31. The third-order valence-electron chi connectivity index (χ3n) is 4.47. The Bertz CT molecular complexity index is 358. The molecule has 0 saturated carbocycles. The third kappa shape index (κ3) is 5.40. The minimum atomic E-state index is 0.0963. The Balaban J connectivity index is 2.58. The SMILES string of the molecule is COC[C@@H]1C[C@@H](OC)CN1C(=O)CC(C)C(C)CC(C)=O. The highest BCUT2D eigenvalue weighted by molar-refractivity contribution is 5.78. The Morgan fingerprint density at radius 3 is 2.33 bits per heavy atom. The molecule has 0 aromatic rings. The minimum Gasteiger partial charge on any atom is -0.383 e. The van der Waals surface area contributed by atoms with E-state index in [-0.39, 0.29) is 35.7 Å². The van der Waals surface area contributed by atoms with Crippen LogP contribution in [0.25, 0.3) is 0 Å². The second-order valence-corrected chi connectivity index (χ2v) is 6.31. The lowest BCUT2D eigenvalue weighted by atomic mass is 9.88. The molecule has 122 valence electrons. The quantitative estimate of drug-likeness (QED) is 0.687. The van der Waals surface area contributed by atoms with Crippen LogP contribution in [0.2, 0.25) is 0 Å². The monoisotopic (exact) mass is 299 g/mol. The molecule has 0 bridgehead atoms. The molecule has 4 atom stereocenters. The predicted molar refractivity (Wildman–Crippen MR) is 81.0 cm³/mol. The zero-order chi connectivity index (χ0) is 16.0. The summed E-state index contributed by atoms with van der Waals surface area (Å²) < 4.78 is 10.6. The Morgan fingerprint density at radius 2 is 1.81 bits per heavy atom. The van der Waals surface area contributed by atoms with Gasteiger partial charge in [-0.15, -0.1) is 0 Å². The first-order valence-electron chi connectivity index (χ1n) is 7.69. The number of ketones is 1. The van der Waals surface area contributed by atoms with E-state index >= 15 is 0 Å². The molecule has 1 aliphatic rings. The molecule has 1 heterocycles. The van der Waals surface area contributed by atoms with E-state index in [2.05, 4.69) is 0 Å². The van der Waals surface area contributed by atoms with Gasteiger partial charge in [-0.1, -0.05) is 13.8 Å². The molecule has 2 unspecified atom stereocenters. The zero-order valence-corrected chi connectivity index (χ0v) is 13.9. The number of methoxy groups -OCH3 is 2. The molecule has 1 fully saturated rings. The van der Waals surface area contributed by atoms with E-state index in [1.165, 1.54) is 0 Å². The van der Waals surface area contributed by atoms with E-state index in [0.717, 1.165) is 6.42 Å². The summed E-state index contributed by atoms with van der Waals surface area (Å²) in [6.45, 7) is 6.86. The molecule has 5 nitrogen and oxygen atoms in total. The Hall–Kier alpha value is -0.940. The Kier molecular flexibility index (Phi) is 7.32. The van der Waals surface area contributed by atoms with Crippen molar-refractivity contribution in [1.29, 1.82) is 0 Å². The Morgan fingerprint density at radius 1 is 1.19 bits per heavy atom. The predicted octanol–water partition coefficient (Wildman–Crippen LogP) is 1.89. The summed E-state index contributed by atoms with van der Waals surface area (Å²) in [4.78, 5) is 25.6. The molecule has 1 rings (SSSR count). The van der Waals surface area contributed by atoms with Crippen LogP contribution in [0.1, 0.15) is 40.0 Å². The van der Waals surface area contributed by atoms with Crippen LogP contribution in [0.3, 0.4) is 0 Å². The van der Waals surface area contributed by atoms with E-state index in [1.54, 1.807) is 21.1 Å². The highest BCUT2D eigenvalue weighted by Gasteiger charge is 2.35. The summed E-state index contributed by atoms with van der Waals surface area (Å²) in [5, 5.41) is 0. The summed E-state index contributed by atoms with van der Waals surface area (Å²) in [6.07, 6.45) is 1.94. The number of nitrogens with zero attached hydrogens (tertiary/aromatic N) is 1. The average molecular weight is 299 g/mol. The highest BCUT2D eigenvalue weighted by Crippen LogP contribution is 2.25. The molecule has 21 heavy (non-hydrogen) atoms. The van der Waals surface area contributed by atoms with Gasteiger partial charge in [0.1, 0.15) is 5.78 Å². The van der Waals surface area contributed by atoms with E-state index < -0.39 is 0 Å². The van der Waals surface area contributed by atoms with Gasteiger partial charge in [0.2, 0.25) is 5.91 Å². The van der Waals surface area contributed by atoms with E-state index in [0.29, 0.717) is 26.0 Å². The number of ether oxygens (including phenoxy) is 2. The maximum absolute atomic E-state index is 12.5. The molecule has 0 aromatic carbocycles. The topological polar surface area (TPSA) is 55.8 Å². The van der Waals surface area contributed by atoms with Gasteiger partial charge in [-0.25, -0.2) is 0 Å². The van der Waals surface area contributed by atoms with Gasteiger partial charge >= 0.3 is 0 Å². The average Bonchev–Trinajstić information content (AvgIpc) is 2.81. The fraction of sp³-hybridized carbons (Fsp3) is 0.875. The van der Waals surface area contributed by atoms with Crippen LogP contribution < -0.4 is 0 Å². The molecule has 0 aromatic heterocycles. The van der Waals surface area contributed by atoms with Crippen molar-refractivity contribution in [2.45, 2.75) is 52.2 Å². The molecule has 0 spiro atoms. The second kappa shape index (κ2) is 8.49. The maximum Gasteiger partial charge on any atom is 0.223 e. The van der Waals surface area contributed by atoms with Gasteiger partial charge in [-0.2, -0.15) is 0 Å². The number of likely N-dealkylation sites (tertiary alicyclic amines) is 1. The number of amides is 1. The summed E-state index contributed by atoms with van der Waals surface area (Å²) >= 11 is 0. The van der Waals surface area contributed by atoms with Gasteiger partial charge in [0.05, 0.1) is 18.8 Å². The number of carbonyl (C=O) groups is 2. The van der Waals surface area contributed by atoms with Crippen molar-refractivity contribution in [3.8, 4) is 0 Å². The molecule has 0 N–H and O–H groups in total. The molecular weight excluding hydrogens is 270 g/mol. The van der Waals surface area contributed by atoms with Crippen molar-refractivity contribution >= 4 is 11.7 Å². The molecular formula is C16H29NO4. The van der Waals surface area contributed by atoms with Gasteiger partial charge in [0.15, 0.2) is 0 Å². The van der Waals surface area contributed by atoms with Gasteiger partial charge in [0.25, 0.3) is 0 Å². The van der Waals surface area contributed by atoms with Crippen molar-refractivity contribution in [1.82, 2.24) is 4.90 Å². The van der Waals surface area contributed by atoms with Crippen molar-refractivity contribution in [3.05, 3.63) is 0 Å². The van der Waals surface area contributed by atoms with E-state index in [4.69, 9.17) is 9.47 Å². The van der Waals surface area contributed by atoms with Gasteiger partial charge in [-0.05, 0) is 25.2 Å². The summed E-state index contributed by atoms with van der Waals surface area (Å²) in [5.41, 5.74) is 0. The van der Waals surface area contributed by atoms with Crippen LogP contribution in [0, 0.1) is 11.8 Å². The molecule has 1 aliphatic heterocycles. The molecule has 0 aliphatic carbocycles. The number of carbonyl (C=O) groups excluding carboxylic acids is 2. The first-order valence-corrected chi connectivity index (χ1v) is 7.69. The standard InChI is InChI=1S/C16H29NO4/c1-11(6-13(3)18)12(2)7-16(19)17-9-15(21-5)8-14(17)10-20-4/h11-12,14-15H,6-10H2,1-5H3/t11?,12?,14-,15+/m0/s1. The fourth-order valence-electron chi connectivity index (χ4n) is 2.95. The van der Waals surface area contributed by atoms with E-state index in [9.17, 15) is 9.59 Å². The molecule has 1 saturated heterocycles. The largest absolute Gasteiger partial charge is 0.383 e. The third-order valence-corrected chi connectivity index (χ3v) is 4.47. The van der Waals surface area contributed by atoms with Crippen molar-refractivity contribution in [2.24, 2.45) is 11.8 Å². The fourth-order valence-corrected chi connectivity index (χ4v) is 2.95. The van der Waals surface area contributed by atoms with Crippen LogP contribution in [0.4, 0.5) is 0 Å². The van der Waals surface area contributed by atoms with Crippen LogP contribution in [-0.4, -0.2) is 56.1 Å².